The van der Waals surface area contributed by atoms with Gasteiger partial charge in [-0.25, -0.2) is 4.79 Å². The van der Waals surface area contributed by atoms with Gasteiger partial charge in [-0.1, -0.05) is 40.5 Å². The first-order valence-corrected chi connectivity index (χ1v) is 11.6. The van der Waals surface area contributed by atoms with Crippen molar-refractivity contribution in [3.63, 3.8) is 0 Å². The standard InChI is InChI=1S/C24H21BrClN3O3S/c1-2-12-31-21-9-6-16(7-10-21)23(30)32-22-11-8-18(25)13-17(22)15-27-29-24(33)28-20-5-3-4-19(26)14-20/h3-11,13-15H,2,12H2,1H3,(H2,28,29,33)/b27-15-. The van der Waals surface area contributed by atoms with E-state index in [1.54, 1.807) is 54.6 Å². The van der Waals surface area contributed by atoms with E-state index in [0.717, 1.165) is 16.6 Å². The van der Waals surface area contributed by atoms with E-state index in [9.17, 15) is 4.79 Å². The fourth-order valence-electron chi connectivity index (χ4n) is 2.66. The van der Waals surface area contributed by atoms with Gasteiger partial charge in [0.25, 0.3) is 0 Å². The van der Waals surface area contributed by atoms with E-state index in [0.29, 0.717) is 34.3 Å². The maximum absolute atomic E-state index is 12.6. The number of hydrogen-bond donors (Lipinski definition) is 2. The zero-order valence-electron chi connectivity index (χ0n) is 17.7. The molecule has 0 bridgehead atoms. The fraction of sp³-hybridized carbons (Fsp3) is 0.125. The number of nitrogens with zero attached hydrogens (tertiary/aromatic N) is 1. The van der Waals surface area contributed by atoms with E-state index in [-0.39, 0.29) is 5.11 Å². The molecule has 33 heavy (non-hydrogen) atoms. The van der Waals surface area contributed by atoms with Crippen molar-refractivity contribution in [2.45, 2.75) is 13.3 Å². The summed E-state index contributed by atoms with van der Waals surface area (Å²) in [6.45, 7) is 2.65. The predicted molar refractivity (Wildman–Crippen MR) is 140 cm³/mol. The summed E-state index contributed by atoms with van der Waals surface area (Å²) in [6.07, 6.45) is 2.43. The van der Waals surface area contributed by atoms with Gasteiger partial charge >= 0.3 is 5.97 Å². The minimum atomic E-state index is -0.486. The van der Waals surface area contributed by atoms with Gasteiger partial charge in [-0.05, 0) is 79.3 Å². The van der Waals surface area contributed by atoms with Crippen molar-refractivity contribution in [1.82, 2.24) is 5.43 Å². The van der Waals surface area contributed by atoms with E-state index >= 15 is 0 Å². The first kappa shape index (κ1) is 24.7. The molecule has 0 unspecified atom stereocenters. The Morgan fingerprint density at radius 1 is 1.15 bits per heavy atom. The lowest BCUT2D eigenvalue weighted by molar-refractivity contribution is 0.0734. The zero-order valence-corrected chi connectivity index (χ0v) is 20.8. The Kier molecular flexibility index (Phi) is 9.24. The lowest BCUT2D eigenvalue weighted by Crippen LogP contribution is -2.23. The van der Waals surface area contributed by atoms with E-state index < -0.39 is 5.97 Å². The maximum Gasteiger partial charge on any atom is 0.343 e. The summed E-state index contributed by atoms with van der Waals surface area (Å²) >= 11 is 14.6. The summed E-state index contributed by atoms with van der Waals surface area (Å²) in [7, 11) is 0. The molecule has 2 N–H and O–H groups in total. The minimum Gasteiger partial charge on any atom is -0.494 e. The highest BCUT2D eigenvalue weighted by Crippen LogP contribution is 2.23. The molecule has 0 heterocycles. The molecule has 0 aliphatic carbocycles. The lowest BCUT2D eigenvalue weighted by Gasteiger charge is -2.10. The molecule has 0 atom stereocenters. The molecule has 0 saturated heterocycles. The summed E-state index contributed by atoms with van der Waals surface area (Å²) in [5, 5.41) is 8.00. The number of anilines is 1. The van der Waals surface area contributed by atoms with Crippen LogP contribution in [0.15, 0.2) is 76.3 Å². The van der Waals surface area contributed by atoms with Gasteiger partial charge in [-0.15, -0.1) is 0 Å². The van der Waals surface area contributed by atoms with Crippen LogP contribution in [0.5, 0.6) is 11.5 Å². The normalized spacial score (nSPS) is 10.6. The van der Waals surface area contributed by atoms with Crippen LogP contribution in [-0.4, -0.2) is 23.9 Å². The Bertz CT molecular complexity index is 1160. The summed E-state index contributed by atoms with van der Waals surface area (Å²) in [4.78, 5) is 12.6. The number of nitrogens with one attached hydrogen (secondary N) is 2. The van der Waals surface area contributed by atoms with Gasteiger partial charge in [0.05, 0.1) is 18.4 Å². The highest BCUT2D eigenvalue weighted by Gasteiger charge is 2.12. The Labute approximate surface area is 211 Å². The summed E-state index contributed by atoms with van der Waals surface area (Å²) < 4.78 is 11.9. The Morgan fingerprint density at radius 3 is 2.67 bits per heavy atom. The van der Waals surface area contributed by atoms with Crippen molar-refractivity contribution in [2.24, 2.45) is 5.10 Å². The molecule has 0 spiro atoms. The number of benzene rings is 3. The first-order valence-electron chi connectivity index (χ1n) is 10.0. The molecule has 9 heteroatoms. The highest BCUT2D eigenvalue weighted by molar-refractivity contribution is 9.10. The monoisotopic (exact) mass is 545 g/mol. The third-order valence-electron chi connectivity index (χ3n) is 4.19. The molecule has 0 fully saturated rings. The summed E-state index contributed by atoms with van der Waals surface area (Å²) in [6, 6.07) is 19.2. The number of carbonyl (C=O) groups is 1. The molecule has 6 nitrogen and oxygen atoms in total. The lowest BCUT2D eigenvalue weighted by atomic mass is 10.2. The largest absolute Gasteiger partial charge is 0.494 e. The van der Waals surface area contributed by atoms with Gasteiger partial charge in [-0.2, -0.15) is 5.10 Å². The third-order valence-corrected chi connectivity index (χ3v) is 5.11. The number of ether oxygens (including phenoxy) is 2. The first-order chi connectivity index (χ1) is 15.9. The van der Waals surface area contributed by atoms with Crippen LogP contribution >= 0.6 is 39.7 Å². The fourth-order valence-corrected chi connectivity index (χ4v) is 3.40. The zero-order chi connectivity index (χ0) is 23.6. The molecule has 0 saturated carbocycles. The number of rotatable bonds is 8. The van der Waals surface area contributed by atoms with Gasteiger partial charge in [0.2, 0.25) is 0 Å². The minimum absolute atomic E-state index is 0.285. The highest BCUT2D eigenvalue weighted by atomic mass is 79.9. The molecule has 3 aromatic rings. The van der Waals surface area contributed by atoms with Crippen molar-refractivity contribution >= 4 is 62.7 Å². The van der Waals surface area contributed by atoms with Crippen molar-refractivity contribution in [1.29, 1.82) is 0 Å². The molecule has 170 valence electrons. The number of hydrogen-bond acceptors (Lipinski definition) is 5. The van der Waals surface area contributed by atoms with Crippen LogP contribution in [0.25, 0.3) is 0 Å². The Hall–Kier alpha value is -2.94. The third kappa shape index (κ3) is 7.85. The molecular formula is C24H21BrClN3O3S. The van der Waals surface area contributed by atoms with Gasteiger partial charge in [0.15, 0.2) is 5.11 Å². The van der Waals surface area contributed by atoms with E-state index in [1.807, 2.05) is 19.1 Å². The van der Waals surface area contributed by atoms with Gasteiger partial charge in [-0.3, -0.25) is 5.43 Å². The number of carbonyl (C=O) groups excluding carboxylic acids is 1. The quantitative estimate of drug-likeness (QED) is 0.112. The molecular weight excluding hydrogens is 526 g/mol. The van der Waals surface area contributed by atoms with Crippen LogP contribution in [0, 0.1) is 0 Å². The van der Waals surface area contributed by atoms with Crippen LogP contribution in [0.2, 0.25) is 5.02 Å². The molecule has 3 aromatic carbocycles. The molecule has 0 aromatic heterocycles. The molecule has 3 rings (SSSR count). The van der Waals surface area contributed by atoms with Crippen molar-refractivity contribution in [3.05, 3.63) is 87.4 Å². The average Bonchev–Trinajstić information content (AvgIpc) is 2.79. The molecule has 0 aliphatic heterocycles. The second kappa shape index (κ2) is 12.3. The average molecular weight is 547 g/mol. The SMILES string of the molecule is CCCOc1ccc(C(=O)Oc2ccc(Br)cc2/C=N\NC(=S)Nc2cccc(Cl)c2)cc1. The maximum atomic E-state index is 12.6. The second-order valence-electron chi connectivity index (χ2n) is 6.78. The van der Waals surface area contributed by atoms with Gasteiger partial charge < -0.3 is 14.8 Å². The van der Waals surface area contributed by atoms with Crippen LogP contribution in [0.3, 0.4) is 0 Å². The number of halogens is 2. The van der Waals surface area contributed by atoms with E-state index in [4.69, 9.17) is 33.3 Å². The van der Waals surface area contributed by atoms with Crippen LogP contribution in [-0.2, 0) is 0 Å². The van der Waals surface area contributed by atoms with Crippen molar-refractivity contribution in [3.8, 4) is 11.5 Å². The summed E-state index contributed by atoms with van der Waals surface area (Å²) in [5.41, 5.74) is 4.46. The molecule has 0 aliphatic rings. The summed E-state index contributed by atoms with van der Waals surface area (Å²) in [5.74, 6) is 0.576. The van der Waals surface area contributed by atoms with Crippen LogP contribution in [0.1, 0.15) is 29.3 Å². The smallest absolute Gasteiger partial charge is 0.343 e. The van der Waals surface area contributed by atoms with Gasteiger partial charge in [0, 0.05) is 20.7 Å². The van der Waals surface area contributed by atoms with Gasteiger partial charge in [0.1, 0.15) is 11.5 Å². The Balaban J connectivity index is 1.64. The van der Waals surface area contributed by atoms with Crippen LogP contribution < -0.4 is 20.2 Å². The molecule has 0 radical (unpaired) electrons. The molecule has 0 amide bonds. The van der Waals surface area contributed by atoms with Crippen LogP contribution in [0.4, 0.5) is 5.69 Å². The van der Waals surface area contributed by atoms with Crippen molar-refractivity contribution in [2.75, 3.05) is 11.9 Å². The number of thiocarbonyl (C=S) groups is 1. The number of esters is 1. The number of hydrazone groups is 1. The van der Waals surface area contributed by atoms with Crippen molar-refractivity contribution < 1.29 is 14.3 Å². The second-order valence-corrected chi connectivity index (χ2v) is 8.54. The van der Waals surface area contributed by atoms with E-state index in [1.165, 1.54) is 6.21 Å². The Morgan fingerprint density at radius 2 is 1.94 bits per heavy atom. The van der Waals surface area contributed by atoms with E-state index in [2.05, 4.69) is 31.8 Å². The predicted octanol–water partition coefficient (Wildman–Crippen LogP) is 6.43. The topological polar surface area (TPSA) is 72.0 Å².